The fourth-order valence-electron chi connectivity index (χ4n) is 0.734. The standard InChI is InChI=1S/C8H7BrFN/c1-6(4-9)7-2-3-11-5-8(7)10/h2-3,5H,1,4H2. The molecule has 58 valence electrons. The zero-order valence-electron chi connectivity index (χ0n) is 5.85. The minimum Gasteiger partial charge on any atom is -0.262 e. The van der Waals surface area contributed by atoms with Crippen molar-refractivity contribution in [3.05, 3.63) is 36.4 Å². The highest BCUT2D eigenvalue weighted by molar-refractivity contribution is 9.09. The summed E-state index contributed by atoms with van der Waals surface area (Å²) in [6.45, 7) is 3.69. The maximum atomic E-state index is 12.9. The molecule has 0 aliphatic rings. The first-order valence-electron chi connectivity index (χ1n) is 3.09. The van der Waals surface area contributed by atoms with Gasteiger partial charge in [0.1, 0.15) is 5.82 Å². The van der Waals surface area contributed by atoms with Crippen molar-refractivity contribution in [2.45, 2.75) is 0 Å². The maximum Gasteiger partial charge on any atom is 0.148 e. The van der Waals surface area contributed by atoms with Crippen molar-refractivity contribution in [1.82, 2.24) is 4.98 Å². The van der Waals surface area contributed by atoms with E-state index in [1.807, 2.05) is 0 Å². The molecule has 0 radical (unpaired) electrons. The molecule has 0 aliphatic carbocycles. The third-order valence-electron chi connectivity index (χ3n) is 1.31. The maximum absolute atomic E-state index is 12.9. The number of allylic oxidation sites excluding steroid dienone is 1. The van der Waals surface area contributed by atoms with Crippen molar-refractivity contribution >= 4 is 21.5 Å². The van der Waals surface area contributed by atoms with Crippen LogP contribution < -0.4 is 0 Å². The van der Waals surface area contributed by atoms with Crippen LogP contribution in [0.5, 0.6) is 0 Å². The molecule has 1 heterocycles. The van der Waals surface area contributed by atoms with Crippen LogP contribution in [0.2, 0.25) is 0 Å². The van der Waals surface area contributed by atoms with E-state index >= 15 is 0 Å². The first kappa shape index (κ1) is 8.40. The van der Waals surface area contributed by atoms with E-state index in [0.717, 1.165) is 5.57 Å². The van der Waals surface area contributed by atoms with Gasteiger partial charge in [0.05, 0.1) is 6.20 Å². The molecule has 1 aromatic rings. The summed E-state index contributed by atoms with van der Waals surface area (Å²) in [7, 11) is 0. The Balaban J connectivity index is 3.03. The van der Waals surface area contributed by atoms with Crippen molar-refractivity contribution in [1.29, 1.82) is 0 Å². The Hall–Kier alpha value is -0.700. The molecule has 0 amide bonds. The molecule has 0 fully saturated rings. The van der Waals surface area contributed by atoms with E-state index in [-0.39, 0.29) is 5.82 Å². The molecular weight excluding hydrogens is 209 g/mol. The number of hydrogen-bond acceptors (Lipinski definition) is 1. The predicted molar refractivity (Wildman–Crippen MR) is 47.0 cm³/mol. The van der Waals surface area contributed by atoms with Crippen LogP contribution in [-0.2, 0) is 0 Å². The van der Waals surface area contributed by atoms with E-state index in [2.05, 4.69) is 27.5 Å². The third-order valence-corrected chi connectivity index (χ3v) is 1.99. The highest BCUT2D eigenvalue weighted by Gasteiger charge is 2.02. The minimum absolute atomic E-state index is 0.322. The van der Waals surface area contributed by atoms with Gasteiger partial charge in [-0.3, -0.25) is 4.98 Å². The van der Waals surface area contributed by atoms with Gasteiger partial charge in [-0.1, -0.05) is 22.5 Å². The molecule has 1 rings (SSSR count). The fraction of sp³-hybridized carbons (Fsp3) is 0.125. The average molecular weight is 216 g/mol. The molecule has 0 saturated heterocycles. The molecule has 0 saturated carbocycles. The van der Waals surface area contributed by atoms with Gasteiger partial charge >= 0.3 is 0 Å². The smallest absolute Gasteiger partial charge is 0.148 e. The summed E-state index contributed by atoms with van der Waals surface area (Å²) in [5.74, 6) is -0.322. The zero-order valence-corrected chi connectivity index (χ0v) is 7.44. The topological polar surface area (TPSA) is 12.9 Å². The van der Waals surface area contributed by atoms with Crippen molar-refractivity contribution in [3.63, 3.8) is 0 Å². The van der Waals surface area contributed by atoms with Gasteiger partial charge in [-0.2, -0.15) is 0 Å². The summed E-state index contributed by atoms with van der Waals surface area (Å²) in [6, 6.07) is 1.61. The molecule has 1 aromatic heterocycles. The van der Waals surface area contributed by atoms with E-state index in [9.17, 15) is 4.39 Å². The van der Waals surface area contributed by atoms with Gasteiger partial charge in [0.25, 0.3) is 0 Å². The number of aromatic nitrogens is 1. The van der Waals surface area contributed by atoms with Crippen LogP contribution in [0.3, 0.4) is 0 Å². The molecule has 11 heavy (non-hydrogen) atoms. The Kier molecular flexibility index (Phi) is 2.76. The van der Waals surface area contributed by atoms with Crippen molar-refractivity contribution in [3.8, 4) is 0 Å². The Morgan fingerprint density at radius 2 is 2.45 bits per heavy atom. The second-order valence-electron chi connectivity index (χ2n) is 2.09. The quantitative estimate of drug-likeness (QED) is 0.692. The molecule has 0 atom stereocenters. The summed E-state index contributed by atoms with van der Waals surface area (Å²) in [5, 5.41) is 0.577. The number of alkyl halides is 1. The van der Waals surface area contributed by atoms with Crippen LogP contribution in [0.1, 0.15) is 5.56 Å². The van der Waals surface area contributed by atoms with Gasteiger partial charge < -0.3 is 0 Å². The Labute approximate surface area is 73.1 Å². The SMILES string of the molecule is C=C(CBr)c1ccncc1F. The molecule has 0 bridgehead atoms. The van der Waals surface area contributed by atoms with Gasteiger partial charge in [0.2, 0.25) is 0 Å². The van der Waals surface area contributed by atoms with Crippen molar-refractivity contribution in [2.75, 3.05) is 5.33 Å². The van der Waals surface area contributed by atoms with Crippen molar-refractivity contribution < 1.29 is 4.39 Å². The predicted octanol–water partition coefficient (Wildman–Crippen LogP) is 2.63. The minimum atomic E-state index is -0.322. The van der Waals surface area contributed by atoms with Gasteiger partial charge in [0.15, 0.2) is 0 Å². The highest BCUT2D eigenvalue weighted by Crippen LogP contribution is 2.16. The third kappa shape index (κ3) is 1.87. The Bertz CT molecular complexity index is 273. The van der Waals surface area contributed by atoms with Gasteiger partial charge in [0, 0.05) is 17.1 Å². The van der Waals surface area contributed by atoms with Crippen molar-refractivity contribution in [2.24, 2.45) is 0 Å². The highest BCUT2D eigenvalue weighted by atomic mass is 79.9. The van der Waals surface area contributed by atoms with E-state index in [0.29, 0.717) is 10.9 Å². The number of nitrogens with zero attached hydrogens (tertiary/aromatic N) is 1. The van der Waals surface area contributed by atoms with Gasteiger partial charge in [-0.05, 0) is 11.6 Å². The summed E-state index contributed by atoms with van der Waals surface area (Å²) in [6.07, 6.45) is 2.73. The lowest BCUT2D eigenvalue weighted by molar-refractivity contribution is 0.617. The monoisotopic (exact) mass is 215 g/mol. The zero-order chi connectivity index (χ0) is 8.27. The van der Waals surface area contributed by atoms with E-state index in [1.165, 1.54) is 6.20 Å². The molecule has 0 N–H and O–H groups in total. The average Bonchev–Trinajstić information content (AvgIpc) is 2.04. The summed E-state index contributed by atoms with van der Waals surface area (Å²) >= 11 is 3.20. The van der Waals surface area contributed by atoms with Crippen LogP contribution in [0.4, 0.5) is 4.39 Å². The van der Waals surface area contributed by atoms with Gasteiger partial charge in [-0.15, -0.1) is 0 Å². The molecule has 0 spiro atoms. The Morgan fingerprint density at radius 3 is 3.00 bits per heavy atom. The van der Waals surface area contributed by atoms with Crippen LogP contribution in [-0.4, -0.2) is 10.3 Å². The van der Waals surface area contributed by atoms with Crippen LogP contribution in [0.15, 0.2) is 25.0 Å². The van der Waals surface area contributed by atoms with E-state index < -0.39 is 0 Å². The molecular formula is C8H7BrFN. The first-order chi connectivity index (χ1) is 5.25. The molecule has 0 aromatic carbocycles. The molecule has 1 nitrogen and oxygen atoms in total. The summed E-state index contributed by atoms with van der Waals surface area (Å²) in [5.41, 5.74) is 1.25. The van der Waals surface area contributed by atoms with Crippen LogP contribution in [0.25, 0.3) is 5.57 Å². The number of rotatable bonds is 2. The number of hydrogen-bond donors (Lipinski definition) is 0. The Morgan fingerprint density at radius 1 is 1.73 bits per heavy atom. The molecule has 0 aliphatic heterocycles. The van der Waals surface area contributed by atoms with Crippen LogP contribution >= 0.6 is 15.9 Å². The summed E-state index contributed by atoms with van der Waals surface area (Å²) in [4.78, 5) is 3.63. The normalized spacial score (nSPS) is 9.64. The largest absolute Gasteiger partial charge is 0.262 e. The number of halogens is 2. The van der Waals surface area contributed by atoms with Gasteiger partial charge in [-0.25, -0.2) is 4.39 Å². The molecule has 3 heteroatoms. The second kappa shape index (κ2) is 3.62. The first-order valence-corrected chi connectivity index (χ1v) is 4.21. The second-order valence-corrected chi connectivity index (χ2v) is 2.65. The number of pyridine rings is 1. The van der Waals surface area contributed by atoms with E-state index in [1.54, 1.807) is 12.3 Å². The molecule has 0 unspecified atom stereocenters. The lowest BCUT2D eigenvalue weighted by Crippen LogP contribution is -1.89. The van der Waals surface area contributed by atoms with Crippen LogP contribution in [0, 0.1) is 5.82 Å². The lowest BCUT2D eigenvalue weighted by Gasteiger charge is -2.00. The summed E-state index contributed by atoms with van der Waals surface area (Å²) < 4.78 is 12.9. The van der Waals surface area contributed by atoms with E-state index in [4.69, 9.17) is 0 Å². The lowest BCUT2D eigenvalue weighted by atomic mass is 10.1. The fourth-order valence-corrected chi connectivity index (χ4v) is 1.04.